The van der Waals surface area contributed by atoms with Gasteiger partial charge in [0.2, 0.25) is 5.91 Å². The molecule has 4 heteroatoms. The van der Waals surface area contributed by atoms with E-state index >= 15 is 0 Å². The van der Waals surface area contributed by atoms with E-state index in [2.05, 4.69) is 86.0 Å². The fourth-order valence-electron chi connectivity index (χ4n) is 6.26. The lowest BCUT2D eigenvalue weighted by Gasteiger charge is -2.22. The third kappa shape index (κ3) is 7.71. The van der Waals surface area contributed by atoms with Crippen molar-refractivity contribution in [1.82, 2.24) is 10.6 Å². The molecule has 0 saturated heterocycles. The Bertz CT molecular complexity index is 1990. The van der Waals surface area contributed by atoms with E-state index in [4.69, 9.17) is 0 Å². The highest BCUT2D eigenvalue weighted by atomic mass is 16.2. The van der Waals surface area contributed by atoms with Crippen LogP contribution >= 0.6 is 0 Å². The quantitative estimate of drug-likeness (QED) is 0.165. The molecule has 0 aliphatic carbocycles. The summed E-state index contributed by atoms with van der Waals surface area (Å²) in [6.07, 6.45) is 0.361. The van der Waals surface area contributed by atoms with Gasteiger partial charge in [0.25, 0.3) is 5.91 Å². The number of benzene rings is 6. The van der Waals surface area contributed by atoms with Crippen molar-refractivity contribution in [3.05, 3.63) is 168 Å². The molecule has 0 fully saturated rings. The van der Waals surface area contributed by atoms with Gasteiger partial charge >= 0.3 is 0 Å². The minimum absolute atomic E-state index is 0.0165. The molecule has 0 spiro atoms. The fourth-order valence-corrected chi connectivity index (χ4v) is 6.26. The average molecular weight is 643 g/mol. The van der Waals surface area contributed by atoms with E-state index in [1.165, 1.54) is 5.56 Å². The zero-order valence-electron chi connectivity index (χ0n) is 28.5. The molecular weight excluding hydrogens is 601 g/mol. The summed E-state index contributed by atoms with van der Waals surface area (Å²) < 4.78 is 0. The molecule has 4 nitrogen and oxygen atoms in total. The highest BCUT2D eigenvalue weighted by Gasteiger charge is 2.26. The Morgan fingerprint density at radius 3 is 1.51 bits per heavy atom. The summed E-state index contributed by atoms with van der Waals surface area (Å²) in [5.74, 6) is -0.551. The molecule has 1 atom stereocenters. The molecule has 1 unspecified atom stereocenters. The van der Waals surface area contributed by atoms with Gasteiger partial charge in [0.1, 0.15) is 6.04 Å². The number of nitrogens with one attached hydrogen (secondary N) is 2. The summed E-state index contributed by atoms with van der Waals surface area (Å²) in [4.78, 5) is 28.0. The van der Waals surface area contributed by atoms with Crippen molar-refractivity contribution in [2.45, 2.75) is 38.6 Å². The number of rotatable bonds is 9. The van der Waals surface area contributed by atoms with Crippen LogP contribution in [0.15, 0.2) is 152 Å². The molecule has 0 saturated carbocycles. The Morgan fingerprint density at radius 1 is 0.551 bits per heavy atom. The maximum atomic E-state index is 14.7. The molecule has 0 radical (unpaired) electrons. The largest absolute Gasteiger partial charge is 0.357 e. The van der Waals surface area contributed by atoms with E-state index in [-0.39, 0.29) is 17.2 Å². The van der Waals surface area contributed by atoms with Gasteiger partial charge in [-0.1, -0.05) is 154 Å². The highest BCUT2D eigenvalue weighted by Crippen LogP contribution is 2.37. The lowest BCUT2D eigenvalue weighted by molar-refractivity contribution is -0.122. The minimum Gasteiger partial charge on any atom is -0.357 e. The van der Waals surface area contributed by atoms with Crippen LogP contribution in [0.4, 0.5) is 0 Å². The first-order valence-electron chi connectivity index (χ1n) is 16.8. The molecule has 0 bridgehead atoms. The third-order valence-corrected chi connectivity index (χ3v) is 8.96. The number of carbonyl (C=O) groups is 2. The van der Waals surface area contributed by atoms with E-state index in [9.17, 15) is 9.59 Å². The molecule has 2 amide bonds. The van der Waals surface area contributed by atoms with Gasteiger partial charge in [-0.2, -0.15) is 0 Å². The number of likely N-dealkylation sites (N-methyl/N-ethyl adjacent to an activating group) is 1. The molecule has 2 N–H and O–H groups in total. The van der Waals surface area contributed by atoms with E-state index in [1.807, 2.05) is 97.1 Å². The van der Waals surface area contributed by atoms with E-state index in [1.54, 1.807) is 7.05 Å². The van der Waals surface area contributed by atoms with Crippen LogP contribution in [-0.2, 0) is 16.6 Å². The predicted octanol–water partition coefficient (Wildman–Crippen LogP) is 9.74. The van der Waals surface area contributed by atoms with E-state index in [0.717, 1.165) is 50.1 Å². The van der Waals surface area contributed by atoms with Crippen molar-refractivity contribution < 1.29 is 9.59 Å². The Labute approximate surface area is 289 Å². The standard InChI is InChI=1S/C45H42N2O2/c1-45(2,3)38-25-23-31(24-26-38)27-41(43(48)46-4)47-44(49)42-39(34-19-12-7-13-20-34)21-14-22-40(42)37-29-35(32-15-8-5-9-16-32)28-36(30-37)33-17-10-6-11-18-33/h5-26,28-30,41H,27H2,1-4H3,(H,46,48)(H,47,49). The zero-order valence-corrected chi connectivity index (χ0v) is 28.5. The van der Waals surface area contributed by atoms with Crippen molar-refractivity contribution in [1.29, 1.82) is 0 Å². The van der Waals surface area contributed by atoms with Gasteiger partial charge in [-0.25, -0.2) is 0 Å². The van der Waals surface area contributed by atoms with Gasteiger partial charge in [0, 0.05) is 13.5 Å². The van der Waals surface area contributed by atoms with Crippen molar-refractivity contribution in [2.24, 2.45) is 0 Å². The van der Waals surface area contributed by atoms with Gasteiger partial charge < -0.3 is 10.6 Å². The molecule has 244 valence electrons. The Hall–Kier alpha value is -5.74. The monoisotopic (exact) mass is 642 g/mol. The number of hydrogen-bond acceptors (Lipinski definition) is 2. The number of carbonyl (C=O) groups excluding carboxylic acids is 2. The van der Waals surface area contributed by atoms with Crippen molar-refractivity contribution in [2.75, 3.05) is 7.05 Å². The maximum Gasteiger partial charge on any atom is 0.253 e. The van der Waals surface area contributed by atoms with Crippen LogP contribution in [0, 0.1) is 0 Å². The normalized spacial score (nSPS) is 11.8. The molecular formula is C45H42N2O2. The summed E-state index contributed by atoms with van der Waals surface area (Å²) in [5.41, 5.74) is 10.4. The summed E-state index contributed by atoms with van der Waals surface area (Å²) >= 11 is 0. The second-order valence-corrected chi connectivity index (χ2v) is 13.4. The Morgan fingerprint density at radius 2 is 1.02 bits per heavy atom. The summed E-state index contributed by atoms with van der Waals surface area (Å²) in [5, 5.41) is 5.91. The molecule has 6 rings (SSSR count). The molecule has 49 heavy (non-hydrogen) atoms. The second kappa shape index (κ2) is 14.6. The molecule has 0 aliphatic rings. The summed E-state index contributed by atoms with van der Waals surface area (Å²) in [6, 6.07) is 50.5. The topological polar surface area (TPSA) is 58.2 Å². The molecule has 6 aromatic rings. The van der Waals surface area contributed by atoms with Crippen LogP contribution in [0.2, 0.25) is 0 Å². The van der Waals surface area contributed by atoms with Crippen molar-refractivity contribution >= 4 is 11.8 Å². The first-order valence-corrected chi connectivity index (χ1v) is 16.8. The van der Waals surface area contributed by atoms with Crippen LogP contribution in [0.3, 0.4) is 0 Å². The van der Waals surface area contributed by atoms with Crippen molar-refractivity contribution in [3.8, 4) is 44.5 Å². The summed E-state index contributed by atoms with van der Waals surface area (Å²) in [6.45, 7) is 6.53. The van der Waals surface area contributed by atoms with Crippen LogP contribution in [-0.4, -0.2) is 24.9 Å². The summed E-state index contributed by atoms with van der Waals surface area (Å²) in [7, 11) is 1.60. The predicted molar refractivity (Wildman–Crippen MR) is 202 cm³/mol. The molecule has 0 aliphatic heterocycles. The average Bonchev–Trinajstić information content (AvgIpc) is 3.14. The molecule has 0 heterocycles. The number of hydrogen-bond donors (Lipinski definition) is 2. The fraction of sp³-hybridized carbons (Fsp3) is 0.156. The van der Waals surface area contributed by atoms with Crippen LogP contribution in [0.25, 0.3) is 44.5 Å². The second-order valence-electron chi connectivity index (χ2n) is 13.4. The van der Waals surface area contributed by atoms with Crippen molar-refractivity contribution in [3.63, 3.8) is 0 Å². The third-order valence-electron chi connectivity index (χ3n) is 8.96. The molecule has 6 aromatic carbocycles. The smallest absolute Gasteiger partial charge is 0.253 e. The SMILES string of the molecule is CNC(=O)C(Cc1ccc(C(C)(C)C)cc1)NC(=O)c1c(-c2ccccc2)cccc1-c1cc(-c2ccccc2)cc(-c2ccccc2)c1. The van der Waals surface area contributed by atoms with Crippen LogP contribution in [0.1, 0.15) is 42.3 Å². The lowest BCUT2D eigenvalue weighted by atomic mass is 9.86. The molecule has 0 aromatic heterocycles. The van der Waals surface area contributed by atoms with Gasteiger partial charge in [-0.3, -0.25) is 9.59 Å². The lowest BCUT2D eigenvalue weighted by Crippen LogP contribution is -2.47. The van der Waals surface area contributed by atoms with Crippen LogP contribution in [0.5, 0.6) is 0 Å². The van der Waals surface area contributed by atoms with Gasteiger partial charge in [-0.15, -0.1) is 0 Å². The first-order chi connectivity index (χ1) is 23.7. The first kappa shape index (κ1) is 33.2. The van der Waals surface area contributed by atoms with E-state index < -0.39 is 6.04 Å². The van der Waals surface area contributed by atoms with Gasteiger partial charge in [0.05, 0.1) is 5.56 Å². The maximum absolute atomic E-state index is 14.7. The number of amides is 2. The Kier molecular flexibility index (Phi) is 9.87. The zero-order chi connectivity index (χ0) is 34.4. The Balaban J connectivity index is 1.47. The van der Waals surface area contributed by atoms with Gasteiger partial charge in [0.15, 0.2) is 0 Å². The van der Waals surface area contributed by atoms with Gasteiger partial charge in [-0.05, 0) is 79.2 Å². The van der Waals surface area contributed by atoms with E-state index in [0.29, 0.717) is 12.0 Å². The van der Waals surface area contributed by atoms with Crippen LogP contribution < -0.4 is 10.6 Å². The minimum atomic E-state index is -0.773. The highest BCUT2D eigenvalue weighted by molar-refractivity contribution is 6.08.